The first-order chi connectivity index (χ1) is 12.1. The number of carboxylic acid groups (broad SMARTS) is 1. The van der Waals surface area contributed by atoms with Crippen molar-refractivity contribution in [1.82, 2.24) is 5.32 Å². The van der Waals surface area contributed by atoms with Crippen LogP contribution in [0.15, 0.2) is 18.2 Å². The molecule has 0 spiro atoms. The number of carbonyl (C=O) groups excluding carboxylic acids is 2. The van der Waals surface area contributed by atoms with Crippen molar-refractivity contribution in [3.8, 4) is 5.75 Å². The topological polar surface area (TPSA) is 114 Å². The number of benzene rings is 1. The second-order valence-corrected chi connectivity index (χ2v) is 6.70. The molecule has 0 unspecified atom stereocenters. The van der Waals surface area contributed by atoms with E-state index in [-0.39, 0.29) is 30.3 Å². The molecule has 0 radical (unpaired) electrons. The first kappa shape index (κ1) is 21.3. The monoisotopic (exact) mass is 366 g/mol. The highest BCUT2D eigenvalue weighted by Crippen LogP contribution is 2.31. The van der Waals surface area contributed by atoms with Gasteiger partial charge in [-0.05, 0) is 46.2 Å². The molecular weight excluding hydrogens is 340 g/mol. The lowest BCUT2D eigenvalue weighted by atomic mass is 9.99. The third-order valence-electron chi connectivity index (χ3n) is 3.44. The second kappa shape index (κ2) is 9.07. The van der Waals surface area contributed by atoms with Gasteiger partial charge in [-0.1, -0.05) is 6.07 Å². The lowest BCUT2D eigenvalue weighted by Crippen LogP contribution is -2.45. The number of aliphatic carboxylic acids is 1. The van der Waals surface area contributed by atoms with Crippen molar-refractivity contribution in [1.29, 1.82) is 0 Å². The molecule has 0 atom stereocenters. The average Bonchev–Trinajstić information content (AvgIpc) is 2.53. The van der Waals surface area contributed by atoms with E-state index in [2.05, 4.69) is 10.6 Å². The highest BCUT2D eigenvalue weighted by atomic mass is 16.5. The minimum Gasteiger partial charge on any atom is -0.488 e. The van der Waals surface area contributed by atoms with Gasteiger partial charge >= 0.3 is 18.0 Å². The number of carboxylic acids is 1. The summed E-state index contributed by atoms with van der Waals surface area (Å²) in [6.07, 6.45) is -0.0171. The van der Waals surface area contributed by atoms with Gasteiger partial charge in [-0.3, -0.25) is 4.79 Å². The van der Waals surface area contributed by atoms with Gasteiger partial charge in [-0.25, -0.2) is 9.59 Å². The van der Waals surface area contributed by atoms with Gasteiger partial charge in [0.25, 0.3) is 0 Å². The van der Waals surface area contributed by atoms with Crippen LogP contribution in [0, 0.1) is 0 Å². The Kier molecular flexibility index (Phi) is 7.42. The summed E-state index contributed by atoms with van der Waals surface area (Å²) in [5.41, 5.74) is -0.209. The number of nitrogens with one attached hydrogen (secondary N) is 2. The Morgan fingerprint density at radius 3 is 2.42 bits per heavy atom. The fourth-order valence-corrected chi connectivity index (χ4v) is 2.21. The van der Waals surface area contributed by atoms with Crippen LogP contribution >= 0.6 is 0 Å². The zero-order chi connectivity index (χ0) is 19.9. The third-order valence-corrected chi connectivity index (χ3v) is 3.44. The maximum Gasteiger partial charge on any atom is 0.341 e. The van der Waals surface area contributed by atoms with Crippen molar-refractivity contribution in [2.75, 3.05) is 12.4 Å². The Morgan fingerprint density at radius 2 is 1.88 bits per heavy atom. The van der Waals surface area contributed by atoms with Gasteiger partial charge < -0.3 is 25.2 Å². The average molecular weight is 366 g/mol. The summed E-state index contributed by atoms with van der Waals surface area (Å²) < 4.78 is 10.4. The quantitative estimate of drug-likeness (QED) is 0.609. The fraction of sp³-hybridized carbons (Fsp3) is 0.500. The number of hydrogen-bond donors (Lipinski definition) is 3. The summed E-state index contributed by atoms with van der Waals surface area (Å²) in [5, 5.41) is 14.2. The SMILES string of the molecule is COC(=O)c1cccc(NC(=O)NC(C)(C)CCC(=O)O)c1OC(C)C. The molecule has 26 heavy (non-hydrogen) atoms. The molecule has 1 rings (SSSR count). The number of amides is 2. The van der Waals surface area contributed by atoms with Crippen molar-refractivity contribution in [3.05, 3.63) is 23.8 Å². The molecule has 8 nitrogen and oxygen atoms in total. The molecule has 0 aliphatic heterocycles. The van der Waals surface area contributed by atoms with Crippen LogP contribution in [0.5, 0.6) is 5.75 Å². The van der Waals surface area contributed by atoms with E-state index >= 15 is 0 Å². The fourth-order valence-electron chi connectivity index (χ4n) is 2.21. The maximum absolute atomic E-state index is 12.3. The lowest BCUT2D eigenvalue weighted by molar-refractivity contribution is -0.137. The summed E-state index contributed by atoms with van der Waals surface area (Å²) in [6, 6.07) is 4.22. The Labute approximate surface area is 152 Å². The van der Waals surface area contributed by atoms with E-state index in [9.17, 15) is 14.4 Å². The zero-order valence-corrected chi connectivity index (χ0v) is 15.7. The Hall–Kier alpha value is -2.77. The molecule has 0 aromatic heterocycles. The summed E-state index contributed by atoms with van der Waals surface area (Å²) in [4.78, 5) is 35.0. The number of rotatable bonds is 8. The highest BCUT2D eigenvalue weighted by molar-refractivity contribution is 5.98. The molecule has 2 amide bonds. The number of urea groups is 1. The van der Waals surface area contributed by atoms with Gasteiger partial charge in [0, 0.05) is 12.0 Å². The van der Waals surface area contributed by atoms with Crippen LogP contribution in [-0.4, -0.2) is 41.8 Å². The maximum atomic E-state index is 12.3. The normalized spacial score (nSPS) is 11.0. The number of para-hydroxylation sites is 1. The Bertz CT molecular complexity index is 670. The highest BCUT2D eigenvalue weighted by Gasteiger charge is 2.24. The Balaban J connectivity index is 2.99. The Morgan fingerprint density at radius 1 is 1.23 bits per heavy atom. The molecule has 0 fully saturated rings. The van der Waals surface area contributed by atoms with Crippen molar-refractivity contribution in [2.45, 2.75) is 52.2 Å². The van der Waals surface area contributed by atoms with Crippen molar-refractivity contribution in [3.63, 3.8) is 0 Å². The van der Waals surface area contributed by atoms with Crippen LogP contribution in [0.1, 0.15) is 50.9 Å². The second-order valence-electron chi connectivity index (χ2n) is 6.70. The van der Waals surface area contributed by atoms with Gasteiger partial charge in [-0.2, -0.15) is 0 Å². The van der Waals surface area contributed by atoms with Gasteiger partial charge in [0.15, 0.2) is 5.75 Å². The van der Waals surface area contributed by atoms with Crippen LogP contribution in [0.25, 0.3) is 0 Å². The van der Waals surface area contributed by atoms with Gasteiger partial charge in [0.1, 0.15) is 5.56 Å². The molecule has 3 N–H and O–H groups in total. The largest absolute Gasteiger partial charge is 0.488 e. The smallest absolute Gasteiger partial charge is 0.341 e. The van der Waals surface area contributed by atoms with E-state index < -0.39 is 23.5 Å². The van der Waals surface area contributed by atoms with Crippen LogP contribution in [0.2, 0.25) is 0 Å². The minimum absolute atomic E-state index is 0.0627. The third kappa shape index (κ3) is 6.62. The molecule has 0 bridgehead atoms. The van der Waals surface area contributed by atoms with E-state index in [1.54, 1.807) is 45.9 Å². The zero-order valence-electron chi connectivity index (χ0n) is 15.7. The summed E-state index contributed by atoms with van der Waals surface area (Å²) in [6.45, 7) is 7.05. The predicted molar refractivity (Wildman–Crippen MR) is 96.6 cm³/mol. The van der Waals surface area contributed by atoms with Crippen LogP contribution in [0.3, 0.4) is 0 Å². The van der Waals surface area contributed by atoms with E-state index in [4.69, 9.17) is 14.6 Å². The summed E-state index contributed by atoms with van der Waals surface area (Å²) in [5.74, 6) is -1.29. The van der Waals surface area contributed by atoms with Crippen molar-refractivity contribution < 1.29 is 29.0 Å². The molecule has 144 valence electrons. The lowest BCUT2D eigenvalue weighted by Gasteiger charge is -2.26. The molecule has 0 aliphatic carbocycles. The van der Waals surface area contributed by atoms with E-state index in [0.29, 0.717) is 5.69 Å². The molecule has 1 aromatic rings. The predicted octanol–water partition coefficient (Wildman–Crippen LogP) is 3.03. The molecule has 0 aliphatic rings. The molecule has 8 heteroatoms. The molecule has 1 aromatic carbocycles. The van der Waals surface area contributed by atoms with Crippen LogP contribution < -0.4 is 15.4 Å². The molecule has 0 heterocycles. The number of carbonyl (C=O) groups is 3. The standard InChI is InChI=1S/C18H26N2O6/c1-11(2)26-15-12(16(23)25-5)7-6-8-13(15)19-17(24)20-18(3,4)10-9-14(21)22/h6-8,11H,9-10H2,1-5H3,(H,21,22)(H2,19,20,24). The first-order valence-electron chi connectivity index (χ1n) is 8.24. The van der Waals surface area contributed by atoms with E-state index in [1.807, 2.05) is 0 Å². The number of esters is 1. The van der Waals surface area contributed by atoms with E-state index in [1.165, 1.54) is 7.11 Å². The van der Waals surface area contributed by atoms with Crippen molar-refractivity contribution in [2.24, 2.45) is 0 Å². The number of methoxy groups -OCH3 is 1. The van der Waals surface area contributed by atoms with E-state index in [0.717, 1.165) is 0 Å². The number of hydrogen-bond acceptors (Lipinski definition) is 5. The van der Waals surface area contributed by atoms with Gasteiger partial charge in [0.2, 0.25) is 0 Å². The van der Waals surface area contributed by atoms with Crippen LogP contribution in [0.4, 0.5) is 10.5 Å². The van der Waals surface area contributed by atoms with Crippen LogP contribution in [-0.2, 0) is 9.53 Å². The number of anilines is 1. The van der Waals surface area contributed by atoms with Gasteiger partial charge in [0.05, 0.1) is 18.9 Å². The summed E-state index contributed by atoms with van der Waals surface area (Å²) >= 11 is 0. The molecular formula is C18H26N2O6. The first-order valence-corrected chi connectivity index (χ1v) is 8.24. The number of ether oxygens (including phenoxy) is 2. The molecule has 0 saturated heterocycles. The van der Waals surface area contributed by atoms with Gasteiger partial charge in [-0.15, -0.1) is 0 Å². The minimum atomic E-state index is -0.932. The summed E-state index contributed by atoms with van der Waals surface area (Å²) in [7, 11) is 1.26. The molecule has 0 saturated carbocycles. The van der Waals surface area contributed by atoms with Crippen molar-refractivity contribution >= 4 is 23.7 Å².